The molecule has 0 aliphatic carbocycles. The lowest BCUT2D eigenvalue weighted by Gasteiger charge is -2.18. The van der Waals surface area contributed by atoms with Crippen molar-refractivity contribution < 1.29 is 4.79 Å². The topological polar surface area (TPSA) is 32.3 Å². The van der Waals surface area contributed by atoms with E-state index < -0.39 is 0 Å². The van der Waals surface area contributed by atoms with Gasteiger partial charge in [0.05, 0.1) is 0 Å². The van der Waals surface area contributed by atoms with Crippen LogP contribution in [0.2, 0.25) is 0 Å². The zero-order chi connectivity index (χ0) is 13.7. The average Bonchev–Trinajstić information content (AvgIpc) is 2.89. The standard InChI is InChI=1S/C15H21BrN2O.ClH/c1-18(11-13-3-2-4-14(16)9-13)15(19)6-5-12-7-8-17-10-12;/h2-4,9,12,17H,5-8,10-11H2,1H3;1H. The molecule has 1 saturated heterocycles. The molecule has 0 spiro atoms. The number of benzene rings is 1. The molecule has 1 aromatic carbocycles. The first-order valence-corrected chi connectivity index (χ1v) is 7.63. The molecule has 1 amide bonds. The van der Waals surface area contributed by atoms with Crippen molar-refractivity contribution in [1.29, 1.82) is 0 Å². The Balaban J connectivity index is 0.00000200. The maximum Gasteiger partial charge on any atom is 0.222 e. The molecule has 1 atom stereocenters. The van der Waals surface area contributed by atoms with Crippen molar-refractivity contribution in [3.63, 3.8) is 0 Å². The monoisotopic (exact) mass is 360 g/mol. The van der Waals surface area contributed by atoms with Crippen LogP contribution in [-0.2, 0) is 11.3 Å². The Kier molecular flexibility index (Phi) is 7.56. The molecule has 0 aromatic heterocycles. The highest BCUT2D eigenvalue weighted by Crippen LogP contribution is 2.16. The molecule has 1 fully saturated rings. The van der Waals surface area contributed by atoms with Gasteiger partial charge in [-0.25, -0.2) is 0 Å². The first-order valence-electron chi connectivity index (χ1n) is 6.84. The van der Waals surface area contributed by atoms with Crippen LogP contribution in [0.25, 0.3) is 0 Å². The second-order valence-electron chi connectivity index (χ2n) is 5.28. The van der Waals surface area contributed by atoms with Crippen LogP contribution in [0.4, 0.5) is 0 Å². The summed E-state index contributed by atoms with van der Waals surface area (Å²) in [5.41, 5.74) is 1.16. The molecule has 1 heterocycles. The van der Waals surface area contributed by atoms with Gasteiger partial charge >= 0.3 is 0 Å². The van der Waals surface area contributed by atoms with E-state index in [1.54, 1.807) is 0 Å². The van der Waals surface area contributed by atoms with Crippen LogP contribution >= 0.6 is 28.3 Å². The Labute approximate surface area is 135 Å². The fourth-order valence-electron chi connectivity index (χ4n) is 2.48. The van der Waals surface area contributed by atoms with Gasteiger partial charge in [-0.2, -0.15) is 0 Å². The number of nitrogens with zero attached hydrogens (tertiary/aromatic N) is 1. The van der Waals surface area contributed by atoms with Crippen LogP contribution < -0.4 is 5.32 Å². The third kappa shape index (κ3) is 5.43. The summed E-state index contributed by atoms with van der Waals surface area (Å²) in [7, 11) is 1.89. The van der Waals surface area contributed by atoms with Gasteiger partial charge in [0.1, 0.15) is 0 Å². The lowest BCUT2D eigenvalue weighted by atomic mass is 10.0. The van der Waals surface area contributed by atoms with E-state index in [-0.39, 0.29) is 18.3 Å². The number of halogens is 2. The molecule has 1 aliphatic heterocycles. The maximum absolute atomic E-state index is 12.1. The fraction of sp³-hybridized carbons (Fsp3) is 0.533. The van der Waals surface area contributed by atoms with Crippen LogP contribution in [-0.4, -0.2) is 30.9 Å². The lowest BCUT2D eigenvalue weighted by molar-refractivity contribution is -0.130. The zero-order valence-corrected chi connectivity index (χ0v) is 14.2. The van der Waals surface area contributed by atoms with E-state index in [4.69, 9.17) is 0 Å². The number of amides is 1. The molecule has 2 rings (SSSR count). The quantitative estimate of drug-likeness (QED) is 0.873. The Bertz CT molecular complexity index is 436. The van der Waals surface area contributed by atoms with Gasteiger partial charge in [-0.05, 0) is 49.5 Å². The van der Waals surface area contributed by atoms with Gasteiger partial charge in [0.2, 0.25) is 5.91 Å². The van der Waals surface area contributed by atoms with Crippen LogP contribution in [0.5, 0.6) is 0 Å². The lowest BCUT2D eigenvalue weighted by Crippen LogP contribution is -2.26. The number of carbonyl (C=O) groups is 1. The van der Waals surface area contributed by atoms with Crippen LogP contribution in [0.3, 0.4) is 0 Å². The van der Waals surface area contributed by atoms with Crippen molar-refractivity contribution >= 4 is 34.2 Å². The van der Waals surface area contributed by atoms with Gasteiger partial charge < -0.3 is 10.2 Å². The molecule has 0 bridgehead atoms. The van der Waals surface area contributed by atoms with Crippen molar-refractivity contribution in [2.75, 3.05) is 20.1 Å². The zero-order valence-electron chi connectivity index (χ0n) is 11.8. The molecule has 0 saturated carbocycles. The van der Waals surface area contributed by atoms with Crippen LogP contribution in [0.1, 0.15) is 24.8 Å². The summed E-state index contributed by atoms with van der Waals surface area (Å²) in [6, 6.07) is 8.11. The van der Waals surface area contributed by atoms with E-state index in [2.05, 4.69) is 33.4 Å². The summed E-state index contributed by atoms with van der Waals surface area (Å²) in [6.07, 6.45) is 2.88. The molecule has 1 aromatic rings. The molecular weight excluding hydrogens is 340 g/mol. The number of carbonyl (C=O) groups excluding carboxylic acids is 1. The van der Waals surface area contributed by atoms with Gasteiger partial charge in [0.25, 0.3) is 0 Å². The predicted octanol–water partition coefficient (Wildman–Crippen LogP) is 3.22. The maximum atomic E-state index is 12.1. The van der Waals surface area contributed by atoms with E-state index in [0.29, 0.717) is 18.9 Å². The van der Waals surface area contributed by atoms with Gasteiger partial charge in [-0.3, -0.25) is 4.79 Å². The van der Waals surface area contributed by atoms with Crippen molar-refractivity contribution in [3.8, 4) is 0 Å². The summed E-state index contributed by atoms with van der Waals surface area (Å²) >= 11 is 3.45. The van der Waals surface area contributed by atoms with E-state index in [1.165, 1.54) is 6.42 Å². The van der Waals surface area contributed by atoms with Gasteiger partial charge in [-0.15, -0.1) is 12.4 Å². The number of hydrogen-bond acceptors (Lipinski definition) is 2. The van der Waals surface area contributed by atoms with Gasteiger partial charge in [0, 0.05) is 24.5 Å². The molecule has 112 valence electrons. The van der Waals surface area contributed by atoms with E-state index in [9.17, 15) is 4.79 Å². The Hall–Kier alpha value is -0.580. The van der Waals surface area contributed by atoms with Gasteiger partial charge in [-0.1, -0.05) is 28.1 Å². The first-order chi connectivity index (χ1) is 9.15. The summed E-state index contributed by atoms with van der Waals surface area (Å²) in [4.78, 5) is 13.9. The molecule has 1 N–H and O–H groups in total. The fourth-order valence-corrected chi connectivity index (χ4v) is 2.92. The molecule has 5 heteroatoms. The van der Waals surface area contributed by atoms with Crippen molar-refractivity contribution in [2.24, 2.45) is 5.92 Å². The SMILES string of the molecule is CN(Cc1cccc(Br)c1)C(=O)CCC1CCNC1.Cl. The van der Waals surface area contributed by atoms with Crippen molar-refractivity contribution in [3.05, 3.63) is 34.3 Å². The number of hydrogen-bond donors (Lipinski definition) is 1. The van der Waals surface area contributed by atoms with E-state index in [0.717, 1.165) is 29.5 Å². The van der Waals surface area contributed by atoms with Crippen molar-refractivity contribution in [2.45, 2.75) is 25.8 Å². The second kappa shape index (κ2) is 8.65. The summed E-state index contributed by atoms with van der Waals surface area (Å²) in [5.74, 6) is 0.926. The summed E-state index contributed by atoms with van der Waals surface area (Å²) in [6.45, 7) is 2.86. The van der Waals surface area contributed by atoms with E-state index >= 15 is 0 Å². The normalized spacial score (nSPS) is 17.6. The number of rotatable bonds is 5. The minimum absolute atomic E-state index is 0. The molecular formula is C15H22BrClN2O. The summed E-state index contributed by atoms with van der Waals surface area (Å²) in [5, 5.41) is 3.34. The molecule has 0 radical (unpaired) electrons. The minimum Gasteiger partial charge on any atom is -0.341 e. The Morgan fingerprint density at radius 2 is 2.30 bits per heavy atom. The van der Waals surface area contributed by atoms with Gasteiger partial charge in [0.15, 0.2) is 0 Å². The molecule has 1 unspecified atom stereocenters. The van der Waals surface area contributed by atoms with Crippen LogP contribution in [0, 0.1) is 5.92 Å². The van der Waals surface area contributed by atoms with Crippen LogP contribution in [0.15, 0.2) is 28.7 Å². The smallest absolute Gasteiger partial charge is 0.222 e. The highest BCUT2D eigenvalue weighted by atomic mass is 79.9. The molecule has 1 aliphatic rings. The first kappa shape index (κ1) is 17.5. The molecule has 3 nitrogen and oxygen atoms in total. The highest BCUT2D eigenvalue weighted by Gasteiger charge is 2.17. The second-order valence-corrected chi connectivity index (χ2v) is 6.19. The van der Waals surface area contributed by atoms with Crippen molar-refractivity contribution in [1.82, 2.24) is 10.2 Å². The average molecular weight is 362 g/mol. The third-order valence-electron chi connectivity index (χ3n) is 3.66. The third-order valence-corrected chi connectivity index (χ3v) is 4.16. The Morgan fingerprint density at radius 3 is 2.95 bits per heavy atom. The molecule has 20 heavy (non-hydrogen) atoms. The Morgan fingerprint density at radius 1 is 1.50 bits per heavy atom. The minimum atomic E-state index is 0. The summed E-state index contributed by atoms with van der Waals surface area (Å²) < 4.78 is 1.06. The number of nitrogens with one attached hydrogen (secondary N) is 1. The predicted molar refractivity (Wildman–Crippen MR) is 88.1 cm³/mol. The largest absolute Gasteiger partial charge is 0.341 e. The highest BCUT2D eigenvalue weighted by molar-refractivity contribution is 9.10. The van der Waals surface area contributed by atoms with E-state index in [1.807, 2.05) is 24.1 Å².